The number of rotatable bonds is 2. The molecular formula is C9H9ClN2S. The second-order valence-electron chi connectivity index (χ2n) is 2.69. The Morgan fingerprint density at radius 3 is 3.08 bits per heavy atom. The van der Waals surface area contributed by atoms with Crippen molar-refractivity contribution in [2.45, 2.75) is 10.8 Å². The number of aromatic amines is 1. The highest BCUT2D eigenvalue weighted by atomic mass is 35.5. The van der Waals surface area contributed by atoms with Gasteiger partial charge in [-0.15, -0.1) is 23.4 Å². The predicted molar refractivity (Wildman–Crippen MR) is 57.4 cm³/mol. The molecule has 0 atom stereocenters. The summed E-state index contributed by atoms with van der Waals surface area (Å²) in [5.41, 5.74) is 3.16. The molecule has 2 rings (SSSR count). The van der Waals surface area contributed by atoms with E-state index in [1.54, 1.807) is 18.1 Å². The van der Waals surface area contributed by atoms with Crippen molar-refractivity contribution in [1.29, 1.82) is 0 Å². The molecule has 0 aliphatic heterocycles. The molecule has 0 aliphatic rings. The van der Waals surface area contributed by atoms with Gasteiger partial charge in [0.2, 0.25) is 0 Å². The second kappa shape index (κ2) is 3.60. The highest BCUT2D eigenvalue weighted by Crippen LogP contribution is 2.26. The Morgan fingerprint density at radius 1 is 1.54 bits per heavy atom. The maximum atomic E-state index is 5.80. The van der Waals surface area contributed by atoms with Gasteiger partial charge in [0.05, 0.1) is 17.4 Å². The van der Waals surface area contributed by atoms with E-state index in [0.717, 1.165) is 16.6 Å². The van der Waals surface area contributed by atoms with E-state index in [1.165, 1.54) is 4.90 Å². The first kappa shape index (κ1) is 8.91. The number of aromatic nitrogens is 2. The number of benzene rings is 1. The fourth-order valence-corrected chi connectivity index (χ4v) is 2.12. The molecule has 2 aromatic rings. The van der Waals surface area contributed by atoms with E-state index in [2.05, 4.69) is 22.3 Å². The minimum Gasteiger partial charge on any atom is -0.344 e. The lowest BCUT2D eigenvalue weighted by Crippen LogP contribution is -1.83. The van der Waals surface area contributed by atoms with Gasteiger partial charge >= 0.3 is 0 Å². The molecule has 0 saturated carbocycles. The van der Waals surface area contributed by atoms with Gasteiger partial charge in [-0.3, -0.25) is 0 Å². The molecule has 1 aromatic carbocycles. The van der Waals surface area contributed by atoms with Crippen molar-refractivity contribution in [3.8, 4) is 0 Å². The summed E-state index contributed by atoms with van der Waals surface area (Å²) >= 11 is 7.51. The van der Waals surface area contributed by atoms with Crippen LogP contribution >= 0.6 is 23.4 Å². The van der Waals surface area contributed by atoms with Crippen molar-refractivity contribution < 1.29 is 0 Å². The van der Waals surface area contributed by atoms with Crippen molar-refractivity contribution in [3.63, 3.8) is 0 Å². The average molecular weight is 213 g/mol. The maximum absolute atomic E-state index is 5.80. The first-order valence-corrected chi connectivity index (χ1v) is 5.67. The second-order valence-corrected chi connectivity index (χ2v) is 3.80. The van der Waals surface area contributed by atoms with Gasteiger partial charge in [0.25, 0.3) is 0 Å². The number of halogens is 1. The van der Waals surface area contributed by atoms with Crippen LogP contribution in [0.2, 0.25) is 0 Å². The van der Waals surface area contributed by atoms with E-state index < -0.39 is 0 Å². The third-order valence-electron chi connectivity index (χ3n) is 1.99. The highest BCUT2D eigenvalue weighted by molar-refractivity contribution is 7.98. The molecule has 1 aromatic heterocycles. The van der Waals surface area contributed by atoms with E-state index in [-0.39, 0.29) is 0 Å². The maximum Gasteiger partial charge on any atom is 0.0938 e. The number of nitrogens with one attached hydrogen (secondary N) is 1. The van der Waals surface area contributed by atoms with Crippen molar-refractivity contribution in [2.75, 3.05) is 6.26 Å². The van der Waals surface area contributed by atoms with E-state index in [0.29, 0.717) is 5.88 Å². The topological polar surface area (TPSA) is 28.7 Å². The number of thioether (sulfide) groups is 1. The zero-order chi connectivity index (χ0) is 9.26. The monoisotopic (exact) mass is 212 g/mol. The molecule has 0 amide bonds. The van der Waals surface area contributed by atoms with Crippen molar-refractivity contribution in [2.24, 2.45) is 0 Å². The van der Waals surface area contributed by atoms with Gasteiger partial charge in [0.15, 0.2) is 0 Å². The lowest BCUT2D eigenvalue weighted by molar-refractivity contribution is 1.33. The summed E-state index contributed by atoms with van der Waals surface area (Å²) in [7, 11) is 0. The van der Waals surface area contributed by atoms with Crippen LogP contribution in [0.15, 0.2) is 23.4 Å². The Balaban J connectivity index is 2.74. The molecule has 0 aliphatic carbocycles. The van der Waals surface area contributed by atoms with Gasteiger partial charge < -0.3 is 4.98 Å². The van der Waals surface area contributed by atoms with E-state index in [1.807, 2.05) is 6.07 Å². The van der Waals surface area contributed by atoms with E-state index in [9.17, 15) is 0 Å². The van der Waals surface area contributed by atoms with Crippen LogP contribution in [0.1, 0.15) is 5.56 Å². The largest absolute Gasteiger partial charge is 0.344 e. The standard InChI is InChI=1S/C9H9ClN2S/c1-13-7-3-2-6(4-10)8-9(7)12-5-11-8/h2-3,5H,4H2,1H3,(H,11,12). The van der Waals surface area contributed by atoms with Crippen molar-refractivity contribution >= 4 is 34.4 Å². The molecular weight excluding hydrogens is 204 g/mol. The summed E-state index contributed by atoms with van der Waals surface area (Å²) in [6.45, 7) is 0. The molecule has 0 fully saturated rings. The van der Waals surface area contributed by atoms with Gasteiger partial charge in [0.1, 0.15) is 0 Å². The fourth-order valence-electron chi connectivity index (χ4n) is 1.34. The number of imidazole rings is 1. The van der Waals surface area contributed by atoms with Gasteiger partial charge in [-0.2, -0.15) is 0 Å². The van der Waals surface area contributed by atoms with Gasteiger partial charge in [0, 0.05) is 10.8 Å². The van der Waals surface area contributed by atoms with Gasteiger partial charge in [-0.05, 0) is 17.9 Å². The van der Waals surface area contributed by atoms with Crippen molar-refractivity contribution in [1.82, 2.24) is 9.97 Å². The zero-order valence-corrected chi connectivity index (χ0v) is 8.75. The summed E-state index contributed by atoms with van der Waals surface area (Å²) in [5, 5.41) is 0. The number of alkyl halides is 1. The first-order chi connectivity index (χ1) is 6.36. The highest BCUT2D eigenvalue weighted by Gasteiger charge is 2.06. The minimum atomic E-state index is 0.510. The van der Waals surface area contributed by atoms with Crippen LogP contribution in [-0.2, 0) is 5.88 Å². The molecule has 0 saturated heterocycles. The third kappa shape index (κ3) is 1.42. The van der Waals surface area contributed by atoms with Crippen LogP contribution in [0.3, 0.4) is 0 Å². The van der Waals surface area contributed by atoms with Crippen LogP contribution in [0, 0.1) is 0 Å². The predicted octanol–water partition coefficient (Wildman–Crippen LogP) is 3.02. The number of hydrogen-bond donors (Lipinski definition) is 1. The Morgan fingerprint density at radius 2 is 2.38 bits per heavy atom. The summed E-state index contributed by atoms with van der Waals surface area (Å²) < 4.78 is 0. The summed E-state index contributed by atoms with van der Waals surface area (Å²) in [6.07, 6.45) is 3.76. The number of fused-ring (bicyclic) bond motifs is 1. The molecule has 0 bridgehead atoms. The first-order valence-electron chi connectivity index (χ1n) is 3.91. The van der Waals surface area contributed by atoms with Crippen LogP contribution < -0.4 is 0 Å². The molecule has 68 valence electrons. The third-order valence-corrected chi connectivity index (χ3v) is 3.06. The molecule has 0 unspecified atom stereocenters. The van der Waals surface area contributed by atoms with Gasteiger partial charge in [-0.1, -0.05) is 6.07 Å². The van der Waals surface area contributed by atoms with E-state index >= 15 is 0 Å². The number of H-pyrrole nitrogens is 1. The Bertz CT molecular complexity index is 386. The molecule has 1 heterocycles. The lowest BCUT2D eigenvalue weighted by Gasteiger charge is -2.01. The number of hydrogen-bond acceptors (Lipinski definition) is 2. The zero-order valence-electron chi connectivity index (χ0n) is 7.17. The lowest BCUT2D eigenvalue weighted by atomic mass is 10.2. The summed E-state index contributed by atoms with van der Waals surface area (Å²) in [4.78, 5) is 8.58. The average Bonchev–Trinajstić information content (AvgIpc) is 2.64. The van der Waals surface area contributed by atoms with Crippen LogP contribution in [-0.4, -0.2) is 16.2 Å². The Kier molecular flexibility index (Phi) is 2.47. The van der Waals surface area contributed by atoms with E-state index in [4.69, 9.17) is 11.6 Å². The van der Waals surface area contributed by atoms with Crippen molar-refractivity contribution in [3.05, 3.63) is 24.0 Å². The molecule has 4 heteroatoms. The normalized spacial score (nSPS) is 10.9. The molecule has 2 nitrogen and oxygen atoms in total. The smallest absolute Gasteiger partial charge is 0.0938 e. The van der Waals surface area contributed by atoms with Crippen LogP contribution in [0.5, 0.6) is 0 Å². The van der Waals surface area contributed by atoms with Crippen LogP contribution in [0.25, 0.3) is 11.0 Å². The quantitative estimate of drug-likeness (QED) is 0.613. The SMILES string of the molecule is CSc1ccc(CCl)c2nc[nH]c12. The molecule has 0 spiro atoms. The fraction of sp³-hybridized carbons (Fsp3) is 0.222. The summed E-state index contributed by atoms with van der Waals surface area (Å²) in [6, 6.07) is 4.10. The van der Waals surface area contributed by atoms with Gasteiger partial charge in [-0.25, -0.2) is 4.98 Å². The van der Waals surface area contributed by atoms with Crippen LogP contribution in [0.4, 0.5) is 0 Å². The molecule has 13 heavy (non-hydrogen) atoms. The Labute approximate surface area is 85.7 Å². The molecule has 1 N–H and O–H groups in total. The minimum absolute atomic E-state index is 0.510. The Hall–Kier alpha value is -0.670. The number of nitrogens with zero attached hydrogens (tertiary/aromatic N) is 1. The summed E-state index contributed by atoms with van der Waals surface area (Å²) in [5.74, 6) is 0.510. The molecule has 0 radical (unpaired) electrons.